The third kappa shape index (κ3) is 6.45. The average Bonchev–Trinajstić information content (AvgIpc) is 3.42. The zero-order valence-electron chi connectivity index (χ0n) is 22.7. The van der Waals surface area contributed by atoms with Crippen LogP contribution in [0.2, 0.25) is 0 Å². The normalized spacial score (nSPS) is 24.4. The number of nitrogen functional groups attached to an aromatic ring is 1. The minimum Gasteiger partial charge on any atom is -0.462 e. The molecule has 4 rings (SSSR count). The molecule has 41 heavy (non-hydrogen) atoms. The number of carbonyl (C=O) groups excluding carboxylic acids is 1. The Kier molecular flexibility index (Phi) is 8.86. The molecule has 220 valence electrons. The van der Waals surface area contributed by atoms with E-state index in [4.69, 9.17) is 24.3 Å². The molecule has 2 unspecified atom stereocenters. The topological polar surface area (TPSA) is 180 Å². The second-order valence-electron chi connectivity index (χ2n) is 9.56. The number of nitrogens with zero attached hydrogens (tertiary/aromatic N) is 2. The smallest absolute Gasteiger partial charge is 0.459 e. The van der Waals surface area contributed by atoms with Crippen LogP contribution in [-0.4, -0.2) is 62.2 Å². The predicted octanol–water partition coefficient (Wildman–Crippen LogP) is 2.43. The number of aromatic nitrogens is 3. The van der Waals surface area contributed by atoms with Crippen LogP contribution in [0.5, 0.6) is 5.75 Å². The standard InChI is InChI=1S/C26H31FN5O8P/c1-5-12-26(27)20(33)19(39-24(26)32-13-11-18-21(32)29-25(28)30-22(18)34)14-37-41(36,40-17-9-7-6-8-10-17)31-16(4)23(35)38-15(2)3/h6-11,13,15-16,19-20,24,33H,14H2,1-4H3,(H,31,36)(H3,28,29,30,34)/t16-,19+,20-,24+,26?,41?/m0/s1. The van der Waals surface area contributed by atoms with E-state index in [1.807, 2.05) is 0 Å². The zero-order chi connectivity index (χ0) is 29.9. The molecule has 2 aromatic heterocycles. The zero-order valence-corrected chi connectivity index (χ0v) is 23.6. The highest BCUT2D eigenvalue weighted by Gasteiger charge is 2.58. The predicted molar refractivity (Wildman–Crippen MR) is 146 cm³/mol. The van der Waals surface area contributed by atoms with Crippen LogP contribution in [0.1, 0.15) is 33.9 Å². The maximum atomic E-state index is 16.4. The van der Waals surface area contributed by atoms with Crippen LogP contribution < -0.4 is 20.9 Å². The third-order valence-electron chi connectivity index (χ3n) is 6.05. The number of rotatable bonds is 10. The number of nitrogens with one attached hydrogen (secondary N) is 2. The highest BCUT2D eigenvalue weighted by Crippen LogP contribution is 2.48. The van der Waals surface area contributed by atoms with E-state index in [0.717, 1.165) is 0 Å². The molecule has 13 nitrogen and oxygen atoms in total. The quantitative estimate of drug-likeness (QED) is 0.155. The van der Waals surface area contributed by atoms with E-state index in [9.17, 15) is 19.3 Å². The number of fused-ring (bicyclic) bond motifs is 1. The fourth-order valence-corrected chi connectivity index (χ4v) is 5.74. The first-order valence-electron chi connectivity index (χ1n) is 12.7. The molecule has 1 aliphatic rings. The largest absolute Gasteiger partial charge is 0.462 e. The molecule has 3 heterocycles. The van der Waals surface area contributed by atoms with Crippen molar-refractivity contribution >= 4 is 30.7 Å². The van der Waals surface area contributed by atoms with Gasteiger partial charge in [0.1, 0.15) is 24.0 Å². The Balaban J connectivity index is 1.62. The summed E-state index contributed by atoms with van der Waals surface area (Å²) in [5.41, 5.74) is 2.44. The van der Waals surface area contributed by atoms with Crippen LogP contribution >= 0.6 is 7.75 Å². The Bertz CT molecular complexity index is 1570. The van der Waals surface area contributed by atoms with Gasteiger partial charge in [-0.25, -0.2) is 8.96 Å². The second-order valence-corrected chi connectivity index (χ2v) is 11.3. The molecule has 0 spiro atoms. The maximum absolute atomic E-state index is 16.4. The third-order valence-corrected chi connectivity index (χ3v) is 7.69. The van der Waals surface area contributed by atoms with Crippen molar-refractivity contribution in [1.82, 2.24) is 19.6 Å². The number of carbonyl (C=O) groups is 1. The Morgan fingerprint density at radius 1 is 1.34 bits per heavy atom. The van der Waals surface area contributed by atoms with E-state index >= 15 is 4.39 Å². The van der Waals surface area contributed by atoms with Gasteiger partial charge in [0.25, 0.3) is 5.56 Å². The summed E-state index contributed by atoms with van der Waals surface area (Å²) in [7, 11) is -4.34. The van der Waals surface area contributed by atoms with Crippen LogP contribution in [0.4, 0.5) is 10.3 Å². The number of aliphatic hydroxyl groups excluding tert-OH is 1. The molecule has 15 heteroatoms. The van der Waals surface area contributed by atoms with Crippen molar-refractivity contribution in [2.24, 2.45) is 0 Å². The number of esters is 1. The first-order valence-corrected chi connectivity index (χ1v) is 14.2. The Morgan fingerprint density at radius 3 is 2.71 bits per heavy atom. The van der Waals surface area contributed by atoms with Gasteiger partial charge in [-0.1, -0.05) is 24.1 Å². The fourth-order valence-electron chi connectivity index (χ4n) is 4.24. The number of halogens is 1. The monoisotopic (exact) mass is 591 g/mol. The Hall–Kier alpha value is -3.73. The van der Waals surface area contributed by atoms with Crippen molar-refractivity contribution < 1.29 is 37.4 Å². The van der Waals surface area contributed by atoms with Gasteiger partial charge in [-0.2, -0.15) is 10.1 Å². The Morgan fingerprint density at radius 2 is 2.05 bits per heavy atom. The molecule has 5 N–H and O–H groups in total. The van der Waals surface area contributed by atoms with Gasteiger partial charge in [-0.15, -0.1) is 5.92 Å². The number of hydrogen-bond acceptors (Lipinski definition) is 10. The highest BCUT2D eigenvalue weighted by atomic mass is 31.2. The van der Waals surface area contributed by atoms with Crippen molar-refractivity contribution in [3.63, 3.8) is 0 Å². The van der Waals surface area contributed by atoms with E-state index in [2.05, 4.69) is 26.9 Å². The fraction of sp³-hybridized carbons (Fsp3) is 0.423. The molecule has 1 aliphatic heterocycles. The van der Waals surface area contributed by atoms with Crippen molar-refractivity contribution in [3.8, 4) is 17.6 Å². The summed E-state index contributed by atoms with van der Waals surface area (Å²) in [6.45, 7) is 5.47. The summed E-state index contributed by atoms with van der Waals surface area (Å²) >= 11 is 0. The van der Waals surface area contributed by atoms with E-state index in [1.54, 1.807) is 32.0 Å². The van der Waals surface area contributed by atoms with Crippen LogP contribution in [0.25, 0.3) is 11.0 Å². The molecule has 1 aromatic carbocycles. The summed E-state index contributed by atoms with van der Waals surface area (Å²) in [6, 6.07) is 8.30. The van der Waals surface area contributed by atoms with E-state index in [-0.39, 0.29) is 22.7 Å². The number of aromatic amines is 1. The van der Waals surface area contributed by atoms with Gasteiger partial charge in [0.05, 0.1) is 18.1 Å². The van der Waals surface area contributed by atoms with Crippen LogP contribution in [0, 0.1) is 11.8 Å². The van der Waals surface area contributed by atoms with Gasteiger partial charge < -0.3 is 29.4 Å². The number of alkyl halides is 1. The average molecular weight is 592 g/mol. The number of nitrogens with two attached hydrogens (primary N) is 1. The first-order chi connectivity index (χ1) is 19.4. The van der Waals surface area contributed by atoms with Gasteiger partial charge in [-0.3, -0.25) is 19.1 Å². The lowest BCUT2D eigenvalue weighted by Gasteiger charge is -2.25. The van der Waals surface area contributed by atoms with Crippen LogP contribution in [0.3, 0.4) is 0 Å². The lowest BCUT2D eigenvalue weighted by Crippen LogP contribution is -2.42. The van der Waals surface area contributed by atoms with Crippen molar-refractivity contribution in [2.75, 3.05) is 12.3 Å². The Labute approximate surface area is 234 Å². The summed E-state index contributed by atoms with van der Waals surface area (Å²) in [4.78, 5) is 31.1. The van der Waals surface area contributed by atoms with E-state index in [1.165, 1.54) is 42.8 Å². The van der Waals surface area contributed by atoms with Crippen LogP contribution in [-0.2, 0) is 23.4 Å². The first kappa shape index (κ1) is 30.2. The van der Waals surface area contributed by atoms with Crippen molar-refractivity contribution in [1.29, 1.82) is 0 Å². The highest BCUT2D eigenvalue weighted by molar-refractivity contribution is 7.52. The van der Waals surface area contributed by atoms with Gasteiger partial charge in [-0.05, 0) is 45.9 Å². The molecule has 3 aromatic rings. The number of benzene rings is 1. The summed E-state index contributed by atoms with van der Waals surface area (Å²) in [6.07, 6.45) is -3.98. The minimum atomic E-state index is -4.34. The molecular weight excluding hydrogens is 560 g/mol. The van der Waals surface area contributed by atoms with Gasteiger partial charge in [0.2, 0.25) is 11.6 Å². The minimum absolute atomic E-state index is 0.00202. The van der Waals surface area contributed by atoms with E-state index < -0.39 is 62.1 Å². The lowest BCUT2D eigenvalue weighted by molar-refractivity contribution is -0.149. The summed E-state index contributed by atoms with van der Waals surface area (Å²) in [5, 5.41) is 13.6. The molecule has 0 radical (unpaired) electrons. The molecule has 0 saturated carbocycles. The molecule has 0 aliphatic carbocycles. The SMILES string of the molecule is CC#CC1(F)[C@@H](O)[C@@H](COP(=O)(N[C@@H](C)C(=O)OC(C)C)Oc2ccccc2)O[C@H]1n1ccc2c(=O)[nH]c(N)nc21. The maximum Gasteiger partial charge on any atom is 0.459 e. The number of ether oxygens (including phenoxy) is 2. The number of aliphatic hydroxyl groups is 1. The molecule has 1 saturated heterocycles. The van der Waals surface area contributed by atoms with E-state index in [0.29, 0.717) is 0 Å². The van der Waals surface area contributed by atoms with Crippen molar-refractivity contribution in [3.05, 3.63) is 52.9 Å². The molecule has 0 amide bonds. The molecular formula is C26H31FN5O8P. The molecule has 1 fully saturated rings. The molecule has 6 atom stereocenters. The number of para-hydroxylation sites is 1. The number of H-pyrrole nitrogens is 1. The van der Waals surface area contributed by atoms with Gasteiger partial charge >= 0.3 is 13.7 Å². The van der Waals surface area contributed by atoms with Crippen LogP contribution in [0.15, 0.2) is 47.4 Å². The number of hydrogen-bond donors (Lipinski definition) is 4. The lowest BCUT2D eigenvalue weighted by atomic mass is 9.96. The van der Waals surface area contributed by atoms with Gasteiger partial charge in [0, 0.05) is 6.20 Å². The summed E-state index contributed by atoms with van der Waals surface area (Å²) < 4.78 is 53.6. The second kappa shape index (κ2) is 12.0. The van der Waals surface area contributed by atoms with Crippen molar-refractivity contribution in [2.45, 2.75) is 63.9 Å². The number of anilines is 1. The molecule has 0 bridgehead atoms. The van der Waals surface area contributed by atoms with Gasteiger partial charge in [0.15, 0.2) is 11.9 Å². The summed E-state index contributed by atoms with van der Waals surface area (Å²) in [5.74, 6) is 4.03.